The van der Waals surface area contributed by atoms with Crippen molar-refractivity contribution in [2.45, 2.75) is 6.92 Å². The van der Waals surface area contributed by atoms with Gasteiger partial charge in [0, 0.05) is 29.5 Å². The van der Waals surface area contributed by atoms with Gasteiger partial charge in [0.25, 0.3) is 0 Å². The smallest absolute Gasteiger partial charge is 0.0488 e. The van der Waals surface area contributed by atoms with Crippen molar-refractivity contribution < 1.29 is 0 Å². The molecule has 7 aromatic rings. The van der Waals surface area contributed by atoms with Gasteiger partial charge in [-0.15, -0.1) is 0 Å². The maximum atomic E-state index is 2.39. The van der Waals surface area contributed by atoms with E-state index in [0.29, 0.717) is 0 Å². The molecule has 1 heteroatoms. The van der Waals surface area contributed by atoms with Gasteiger partial charge in [0.1, 0.15) is 0 Å². The molecule has 1 aliphatic heterocycles. The maximum Gasteiger partial charge on any atom is 0.0488 e. The fraction of sp³-hybridized carbons (Fsp3) is 0.0417. The van der Waals surface area contributed by atoms with Crippen LogP contribution < -0.4 is 4.90 Å². The topological polar surface area (TPSA) is 3.24 Å². The molecule has 0 saturated heterocycles. The van der Waals surface area contributed by atoms with Crippen molar-refractivity contribution in [3.8, 4) is 44.5 Å². The monoisotopic (exact) mass is 623 g/mol. The van der Waals surface area contributed by atoms with Crippen molar-refractivity contribution in [1.29, 1.82) is 0 Å². The normalized spacial score (nSPS) is 13.0. The Kier molecular flexibility index (Phi) is 6.07. The van der Waals surface area contributed by atoms with E-state index in [0.717, 1.165) is 0 Å². The Morgan fingerprint density at radius 3 is 1.14 bits per heavy atom. The second-order valence-corrected chi connectivity index (χ2v) is 13.5. The summed E-state index contributed by atoms with van der Waals surface area (Å²) in [5.74, 6) is 0. The lowest BCUT2D eigenvalue weighted by molar-refractivity contribution is 1.22. The number of anilines is 2. The highest BCUT2D eigenvalue weighted by Crippen LogP contribution is 2.50. The zero-order valence-corrected chi connectivity index (χ0v) is 27.5. The van der Waals surface area contributed by atoms with E-state index in [2.05, 4.69) is 183 Å². The van der Waals surface area contributed by atoms with Crippen molar-refractivity contribution >= 4 is 34.7 Å². The number of nitrogens with zero attached hydrogens (tertiary/aromatic N) is 1. The first-order valence-corrected chi connectivity index (χ1v) is 17.1. The van der Waals surface area contributed by atoms with E-state index in [4.69, 9.17) is 0 Å². The molecule has 0 amide bonds. The first-order valence-electron chi connectivity index (χ1n) is 17.1. The van der Waals surface area contributed by atoms with Crippen LogP contribution in [-0.2, 0) is 0 Å². The van der Waals surface area contributed by atoms with E-state index in [9.17, 15) is 0 Å². The second-order valence-electron chi connectivity index (χ2n) is 13.5. The summed E-state index contributed by atoms with van der Waals surface area (Å²) in [7, 11) is 2.21. The lowest BCUT2D eigenvalue weighted by Crippen LogP contribution is -2.10. The summed E-state index contributed by atoms with van der Waals surface area (Å²) in [5.41, 5.74) is 24.1. The molecule has 230 valence electrons. The van der Waals surface area contributed by atoms with E-state index in [1.165, 1.54) is 106 Å². The first-order chi connectivity index (χ1) is 24.1. The summed E-state index contributed by atoms with van der Waals surface area (Å²) in [6, 6.07) is 56.0. The summed E-state index contributed by atoms with van der Waals surface area (Å²) in [6.07, 6.45) is 4.75. The van der Waals surface area contributed by atoms with Gasteiger partial charge >= 0.3 is 0 Å². The molecule has 0 radical (unpaired) electrons. The number of benzene rings is 7. The molecular weight excluding hydrogens is 591 g/mol. The Labute approximate surface area is 287 Å². The van der Waals surface area contributed by atoms with Gasteiger partial charge in [-0.3, -0.25) is 0 Å². The molecule has 0 saturated carbocycles. The van der Waals surface area contributed by atoms with Crippen molar-refractivity contribution in [3.05, 3.63) is 191 Å². The summed E-state index contributed by atoms with van der Waals surface area (Å²) in [5, 5.41) is 0. The number of hydrogen-bond acceptors (Lipinski definition) is 1. The van der Waals surface area contributed by atoms with Crippen LogP contribution in [0.15, 0.2) is 152 Å². The fourth-order valence-corrected chi connectivity index (χ4v) is 8.29. The molecule has 0 aromatic heterocycles. The largest absolute Gasteiger partial charge is 0.344 e. The SMILES string of the molecule is Cc1ccc2c(c1)-c1cc(C=C3c4ccccc4-c4ccccc43)ccc1N(C)c1ccc(C=C3c4ccccc4-c4ccccc43)cc1-2. The molecule has 7 aromatic carbocycles. The number of rotatable bonds is 2. The van der Waals surface area contributed by atoms with Gasteiger partial charge in [-0.2, -0.15) is 0 Å². The van der Waals surface area contributed by atoms with Crippen LogP contribution in [-0.4, -0.2) is 7.05 Å². The highest BCUT2D eigenvalue weighted by molar-refractivity contribution is 6.09. The fourth-order valence-electron chi connectivity index (χ4n) is 8.29. The van der Waals surface area contributed by atoms with Gasteiger partial charge in [0.15, 0.2) is 0 Å². The van der Waals surface area contributed by atoms with E-state index in [-0.39, 0.29) is 0 Å². The molecule has 0 spiro atoms. The Balaban J connectivity index is 1.13. The van der Waals surface area contributed by atoms with E-state index >= 15 is 0 Å². The number of aryl methyl sites for hydroxylation is 1. The summed E-state index contributed by atoms with van der Waals surface area (Å²) in [6.45, 7) is 2.20. The summed E-state index contributed by atoms with van der Waals surface area (Å²) in [4.78, 5) is 2.37. The Hall–Kier alpha value is -6.18. The van der Waals surface area contributed by atoms with Crippen molar-refractivity contribution in [2.24, 2.45) is 0 Å². The van der Waals surface area contributed by atoms with Crippen LogP contribution >= 0.6 is 0 Å². The zero-order valence-electron chi connectivity index (χ0n) is 27.5. The Bertz CT molecular complexity index is 2480. The summed E-state index contributed by atoms with van der Waals surface area (Å²) < 4.78 is 0. The molecule has 1 heterocycles. The van der Waals surface area contributed by atoms with Gasteiger partial charge in [0.05, 0.1) is 0 Å². The van der Waals surface area contributed by atoms with Crippen molar-refractivity contribution in [2.75, 3.05) is 11.9 Å². The van der Waals surface area contributed by atoms with Crippen molar-refractivity contribution in [3.63, 3.8) is 0 Å². The second kappa shape index (κ2) is 10.7. The molecule has 2 aliphatic carbocycles. The zero-order chi connectivity index (χ0) is 32.6. The standard InChI is InChI=1S/C48H33N/c1-30-19-22-41-42(25-30)46-29-32(27-44-39-17-9-5-13-35(39)36-14-6-10-18-40(36)44)21-24-48(46)49(2)47-23-20-31(28-45(41)47)26-43-37-15-7-3-11-33(37)34-12-4-8-16-38(34)43/h3-29H,1-2H3. The molecule has 49 heavy (non-hydrogen) atoms. The van der Waals surface area contributed by atoms with Gasteiger partial charge < -0.3 is 4.90 Å². The molecule has 0 unspecified atom stereocenters. The highest BCUT2D eigenvalue weighted by Gasteiger charge is 2.26. The molecular formula is C48H33N. The van der Waals surface area contributed by atoms with Crippen LogP contribution in [0.4, 0.5) is 11.4 Å². The van der Waals surface area contributed by atoms with Gasteiger partial charge in [0.2, 0.25) is 0 Å². The average molecular weight is 624 g/mol. The highest BCUT2D eigenvalue weighted by atomic mass is 15.1. The quantitative estimate of drug-likeness (QED) is 0.185. The first kappa shape index (κ1) is 27.9. The van der Waals surface area contributed by atoms with Gasteiger partial charge in [-0.25, -0.2) is 0 Å². The van der Waals surface area contributed by atoms with E-state index < -0.39 is 0 Å². The van der Waals surface area contributed by atoms with Crippen LogP contribution in [0.25, 0.3) is 67.8 Å². The van der Waals surface area contributed by atoms with E-state index in [1.807, 2.05) is 0 Å². The predicted octanol–water partition coefficient (Wildman–Crippen LogP) is 12.5. The molecule has 0 atom stereocenters. The molecule has 0 bridgehead atoms. The minimum absolute atomic E-state index is 1.20. The van der Waals surface area contributed by atoms with Gasteiger partial charge in [-0.05, 0) is 121 Å². The van der Waals surface area contributed by atoms with Crippen LogP contribution in [0, 0.1) is 6.92 Å². The van der Waals surface area contributed by atoms with Crippen LogP contribution in [0.2, 0.25) is 0 Å². The lowest BCUT2D eigenvalue weighted by atomic mass is 9.90. The molecule has 10 rings (SSSR count). The van der Waals surface area contributed by atoms with Crippen molar-refractivity contribution in [1.82, 2.24) is 0 Å². The minimum atomic E-state index is 1.20. The lowest BCUT2D eigenvalue weighted by Gasteiger charge is -2.22. The molecule has 0 N–H and O–H groups in total. The van der Waals surface area contributed by atoms with Crippen LogP contribution in [0.3, 0.4) is 0 Å². The minimum Gasteiger partial charge on any atom is -0.344 e. The number of hydrogen-bond donors (Lipinski definition) is 0. The van der Waals surface area contributed by atoms with E-state index in [1.54, 1.807) is 0 Å². The Morgan fingerprint density at radius 1 is 0.347 bits per heavy atom. The predicted molar refractivity (Wildman–Crippen MR) is 208 cm³/mol. The Morgan fingerprint density at radius 2 is 0.714 bits per heavy atom. The molecule has 3 aliphatic rings. The third kappa shape index (κ3) is 4.26. The molecule has 0 fully saturated rings. The number of fused-ring (bicyclic) bond motifs is 11. The summed E-state index contributed by atoms with van der Waals surface area (Å²) >= 11 is 0. The van der Waals surface area contributed by atoms with Crippen LogP contribution in [0.1, 0.15) is 38.9 Å². The molecule has 1 nitrogen and oxygen atoms in total. The van der Waals surface area contributed by atoms with Crippen LogP contribution in [0.5, 0.6) is 0 Å². The third-order valence-electron chi connectivity index (χ3n) is 10.6. The maximum absolute atomic E-state index is 2.39. The average Bonchev–Trinajstić information content (AvgIpc) is 3.60. The third-order valence-corrected chi connectivity index (χ3v) is 10.6. The van der Waals surface area contributed by atoms with Gasteiger partial charge in [-0.1, -0.05) is 133 Å².